The number of hydrogen-bond acceptors (Lipinski definition) is 4. The van der Waals surface area contributed by atoms with Crippen molar-refractivity contribution in [3.05, 3.63) is 35.5 Å². The zero-order valence-corrected chi connectivity index (χ0v) is 11.8. The molecule has 0 radical (unpaired) electrons. The van der Waals surface area contributed by atoms with Crippen molar-refractivity contribution in [2.75, 3.05) is 19.0 Å². The first-order valence-corrected chi connectivity index (χ1v) is 6.39. The maximum atomic E-state index is 5.16. The van der Waals surface area contributed by atoms with Crippen LogP contribution in [0.15, 0.2) is 24.3 Å². The average Bonchev–Trinajstić information content (AvgIpc) is 2.44. The first kappa shape index (κ1) is 13.3. The minimum absolute atomic E-state index is 0.738. The van der Waals surface area contributed by atoms with Crippen LogP contribution in [0.1, 0.15) is 18.2 Å². The number of benzene rings is 1. The summed E-state index contributed by atoms with van der Waals surface area (Å²) in [6.45, 7) is 6.94. The van der Waals surface area contributed by atoms with Crippen LogP contribution < -0.4 is 10.1 Å². The summed E-state index contributed by atoms with van der Waals surface area (Å²) in [5.74, 6) is 2.47. The van der Waals surface area contributed by atoms with Crippen LogP contribution in [0.25, 0.3) is 11.4 Å². The van der Waals surface area contributed by atoms with E-state index in [1.165, 1.54) is 0 Å². The Labute approximate surface area is 113 Å². The Kier molecular flexibility index (Phi) is 4.00. The Balaban J connectivity index is 2.43. The van der Waals surface area contributed by atoms with Crippen molar-refractivity contribution >= 4 is 5.82 Å². The molecule has 0 aliphatic rings. The minimum atomic E-state index is 0.738. The lowest BCUT2D eigenvalue weighted by Crippen LogP contribution is -2.06. The molecule has 2 rings (SSSR count). The first-order valence-electron chi connectivity index (χ1n) is 6.39. The van der Waals surface area contributed by atoms with Crippen molar-refractivity contribution < 1.29 is 4.74 Å². The molecule has 2 aromatic rings. The van der Waals surface area contributed by atoms with Crippen LogP contribution >= 0.6 is 0 Å². The summed E-state index contributed by atoms with van der Waals surface area (Å²) in [6, 6.07) is 7.78. The van der Waals surface area contributed by atoms with Crippen molar-refractivity contribution in [2.24, 2.45) is 0 Å². The fraction of sp³-hybridized carbons (Fsp3) is 0.333. The molecule has 1 heterocycles. The highest BCUT2D eigenvalue weighted by molar-refractivity contribution is 5.60. The number of ether oxygens (including phenoxy) is 1. The van der Waals surface area contributed by atoms with Gasteiger partial charge >= 0.3 is 0 Å². The number of aromatic nitrogens is 2. The summed E-state index contributed by atoms with van der Waals surface area (Å²) in [5, 5.41) is 3.27. The minimum Gasteiger partial charge on any atom is -0.497 e. The van der Waals surface area contributed by atoms with Gasteiger partial charge in [-0.25, -0.2) is 9.97 Å². The van der Waals surface area contributed by atoms with Gasteiger partial charge in [0.2, 0.25) is 0 Å². The van der Waals surface area contributed by atoms with Crippen molar-refractivity contribution in [3.8, 4) is 17.1 Å². The highest BCUT2D eigenvalue weighted by atomic mass is 16.5. The van der Waals surface area contributed by atoms with Gasteiger partial charge in [0.25, 0.3) is 0 Å². The maximum Gasteiger partial charge on any atom is 0.161 e. The Hall–Kier alpha value is -2.10. The van der Waals surface area contributed by atoms with Gasteiger partial charge in [-0.05, 0) is 45.0 Å². The molecule has 0 saturated carbocycles. The Morgan fingerprint density at radius 2 is 1.79 bits per heavy atom. The number of aryl methyl sites for hydroxylation is 1. The van der Waals surface area contributed by atoms with Crippen molar-refractivity contribution in [3.63, 3.8) is 0 Å². The van der Waals surface area contributed by atoms with Gasteiger partial charge in [-0.2, -0.15) is 0 Å². The molecular weight excluding hydrogens is 238 g/mol. The van der Waals surface area contributed by atoms with E-state index in [1.54, 1.807) is 7.11 Å². The molecule has 100 valence electrons. The summed E-state index contributed by atoms with van der Waals surface area (Å²) >= 11 is 0. The molecule has 0 aliphatic heterocycles. The van der Waals surface area contributed by atoms with Gasteiger partial charge in [0.1, 0.15) is 11.6 Å². The topological polar surface area (TPSA) is 47.0 Å². The Morgan fingerprint density at radius 3 is 2.37 bits per heavy atom. The zero-order chi connectivity index (χ0) is 13.8. The molecule has 0 spiro atoms. The Morgan fingerprint density at radius 1 is 1.11 bits per heavy atom. The van der Waals surface area contributed by atoms with E-state index in [9.17, 15) is 0 Å². The maximum absolute atomic E-state index is 5.16. The van der Waals surface area contributed by atoms with Crippen LogP contribution in [0.2, 0.25) is 0 Å². The molecule has 0 fully saturated rings. The summed E-state index contributed by atoms with van der Waals surface area (Å²) in [6.07, 6.45) is 0. The second-order valence-corrected chi connectivity index (χ2v) is 4.37. The van der Waals surface area contributed by atoms with Crippen LogP contribution in [0, 0.1) is 13.8 Å². The third-order valence-corrected chi connectivity index (χ3v) is 3.08. The summed E-state index contributed by atoms with van der Waals surface area (Å²) in [7, 11) is 1.66. The second-order valence-electron chi connectivity index (χ2n) is 4.37. The lowest BCUT2D eigenvalue weighted by atomic mass is 10.1. The van der Waals surface area contributed by atoms with E-state index in [0.717, 1.165) is 40.8 Å². The quantitative estimate of drug-likeness (QED) is 0.913. The monoisotopic (exact) mass is 257 g/mol. The summed E-state index contributed by atoms with van der Waals surface area (Å²) in [4.78, 5) is 9.14. The van der Waals surface area contributed by atoms with E-state index >= 15 is 0 Å². The average molecular weight is 257 g/mol. The van der Waals surface area contributed by atoms with E-state index in [-0.39, 0.29) is 0 Å². The van der Waals surface area contributed by atoms with Crippen LogP contribution in [-0.4, -0.2) is 23.6 Å². The molecule has 0 unspecified atom stereocenters. The van der Waals surface area contributed by atoms with Crippen molar-refractivity contribution in [2.45, 2.75) is 20.8 Å². The molecule has 1 N–H and O–H groups in total. The lowest BCUT2D eigenvalue weighted by Gasteiger charge is -2.11. The zero-order valence-electron chi connectivity index (χ0n) is 11.8. The predicted octanol–water partition coefficient (Wildman–Crippen LogP) is 3.20. The molecule has 4 heteroatoms. The third kappa shape index (κ3) is 2.84. The van der Waals surface area contributed by atoms with Gasteiger partial charge in [-0.1, -0.05) is 0 Å². The van der Waals surface area contributed by atoms with Crippen LogP contribution in [0.5, 0.6) is 5.75 Å². The van der Waals surface area contributed by atoms with Crippen LogP contribution in [0.4, 0.5) is 5.82 Å². The van der Waals surface area contributed by atoms with E-state index in [2.05, 4.69) is 22.2 Å². The van der Waals surface area contributed by atoms with Crippen LogP contribution in [-0.2, 0) is 0 Å². The number of hydrogen-bond donors (Lipinski definition) is 1. The number of methoxy groups -OCH3 is 1. The molecule has 0 amide bonds. The molecule has 19 heavy (non-hydrogen) atoms. The first-order chi connectivity index (χ1) is 9.15. The van der Waals surface area contributed by atoms with E-state index in [0.29, 0.717) is 0 Å². The number of rotatable bonds is 4. The highest BCUT2D eigenvalue weighted by Gasteiger charge is 2.09. The lowest BCUT2D eigenvalue weighted by molar-refractivity contribution is 0.415. The van der Waals surface area contributed by atoms with E-state index < -0.39 is 0 Å². The van der Waals surface area contributed by atoms with E-state index in [4.69, 9.17) is 4.74 Å². The molecule has 1 aromatic heterocycles. The van der Waals surface area contributed by atoms with E-state index in [1.807, 2.05) is 38.1 Å². The number of anilines is 1. The predicted molar refractivity (Wildman–Crippen MR) is 77.7 cm³/mol. The van der Waals surface area contributed by atoms with Gasteiger partial charge in [0.05, 0.1) is 7.11 Å². The van der Waals surface area contributed by atoms with Gasteiger partial charge in [-0.15, -0.1) is 0 Å². The highest BCUT2D eigenvalue weighted by Crippen LogP contribution is 2.23. The van der Waals surface area contributed by atoms with Gasteiger partial charge in [0.15, 0.2) is 5.82 Å². The normalized spacial score (nSPS) is 10.3. The molecule has 0 bridgehead atoms. The molecule has 4 nitrogen and oxygen atoms in total. The third-order valence-electron chi connectivity index (χ3n) is 3.08. The summed E-state index contributed by atoms with van der Waals surface area (Å²) < 4.78 is 5.16. The van der Waals surface area contributed by atoms with Crippen molar-refractivity contribution in [1.82, 2.24) is 9.97 Å². The van der Waals surface area contributed by atoms with Crippen LogP contribution in [0.3, 0.4) is 0 Å². The Bertz CT molecular complexity index is 564. The summed E-state index contributed by atoms with van der Waals surface area (Å²) in [5.41, 5.74) is 3.08. The van der Waals surface area contributed by atoms with Gasteiger partial charge < -0.3 is 10.1 Å². The van der Waals surface area contributed by atoms with Crippen molar-refractivity contribution in [1.29, 1.82) is 0 Å². The van der Waals surface area contributed by atoms with Gasteiger partial charge in [-0.3, -0.25) is 0 Å². The van der Waals surface area contributed by atoms with Gasteiger partial charge in [0, 0.05) is 23.4 Å². The molecule has 1 aromatic carbocycles. The fourth-order valence-corrected chi connectivity index (χ4v) is 1.84. The second kappa shape index (κ2) is 5.69. The molecule has 0 atom stereocenters. The largest absolute Gasteiger partial charge is 0.497 e. The number of nitrogens with zero attached hydrogens (tertiary/aromatic N) is 2. The number of nitrogens with one attached hydrogen (secondary N) is 1. The molecular formula is C15H19N3O. The standard InChI is InChI=1S/C15H19N3O/c1-5-16-14-10(2)11(3)17-15(18-14)12-6-8-13(19-4)9-7-12/h6-9H,5H2,1-4H3,(H,16,17,18). The SMILES string of the molecule is CCNc1nc(-c2ccc(OC)cc2)nc(C)c1C. The smallest absolute Gasteiger partial charge is 0.161 e. The molecule has 0 aliphatic carbocycles. The molecule has 0 saturated heterocycles. The fourth-order valence-electron chi connectivity index (χ4n) is 1.84.